The molecule has 1 aromatic rings. The van der Waals surface area contributed by atoms with E-state index in [0.717, 1.165) is 5.56 Å². The summed E-state index contributed by atoms with van der Waals surface area (Å²) in [5.41, 5.74) is 6.27. The highest BCUT2D eigenvalue weighted by Crippen LogP contribution is 2.21. The predicted molar refractivity (Wildman–Crippen MR) is 52.6 cm³/mol. The lowest BCUT2D eigenvalue weighted by atomic mass is 10.2. The van der Waals surface area contributed by atoms with E-state index < -0.39 is 0 Å². The summed E-state index contributed by atoms with van der Waals surface area (Å²) in [7, 11) is 0. The highest BCUT2D eigenvalue weighted by molar-refractivity contribution is 5.74. The number of benzene rings is 1. The van der Waals surface area contributed by atoms with Gasteiger partial charge in [-0.25, -0.2) is 4.39 Å². The lowest BCUT2D eigenvalue weighted by molar-refractivity contribution is 0.629. The Morgan fingerprint density at radius 3 is 2.85 bits per heavy atom. The number of hydrogen-bond donors (Lipinski definition) is 1. The molecule has 0 unspecified atom stereocenters. The molecule has 2 nitrogen and oxygen atoms in total. The Morgan fingerprint density at radius 1 is 1.46 bits per heavy atom. The van der Waals surface area contributed by atoms with Gasteiger partial charge in [-0.15, -0.1) is 0 Å². The van der Waals surface area contributed by atoms with Gasteiger partial charge in [0.15, 0.2) is 0 Å². The minimum atomic E-state index is -0.318. The third-order valence-electron chi connectivity index (χ3n) is 1.59. The van der Waals surface area contributed by atoms with Gasteiger partial charge in [-0.2, -0.15) is 0 Å². The summed E-state index contributed by atoms with van der Waals surface area (Å²) in [6.07, 6.45) is 4.36. The summed E-state index contributed by atoms with van der Waals surface area (Å²) in [6, 6.07) is 4.84. The molecule has 0 aliphatic heterocycles. The van der Waals surface area contributed by atoms with Crippen molar-refractivity contribution in [2.75, 3.05) is 0 Å². The van der Waals surface area contributed by atoms with Crippen molar-refractivity contribution in [1.82, 2.24) is 0 Å². The number of para-hydroxylation sites is 1. The lowest BCUT2D eigenvalue weighted by Gasteiger charge is -1.99. The van der Waals surface area contributed by atoms with Crippen molar-refractivity contribution >= 4 is 11.9 Å². The van der Waals surface area contributed by atoms with Crippen molar-refractivity contribution in [1.29, 1.82) is 0 Å². The number of hydrogen-bond acceptors (Lipinski definition) is 2. The Balaban J connectivity index is 2.99. The summed E-state index contributed by atoms with van der Waals surface area (Å²) in [5, 5.41) is 0. The van der Waals surface area contributed by atoms with E-state index in [1.165, 1.54) is 18.5 Å². The Bertz CT molecular complexity index is 323. The maximum absolute atomic E-state index is 13.1. The molecule has 0 bridgehead atoms. The molecular formula is C10H11FN2. The van der Waals surface area contributed by atoms with Gasteiger partial charge >= 0.3 is 0 Å². The second-order valence-corrected chi connectivity index (χ2v) is 2.57. The molecule has 13 heavy (non-hydrogen) atoms. The zero-order valence-corrected chi connectivity index (χ0v) is 7.37. The Morgan fingerprint density at radius 2 is 2.23 bits per heavy atom. The van der Waals surface area contributed by atoms with Gasteiger partial charge in [0.2, 0.25) is 0 Å². The van der Waals surface area contributed by atoms with Crippen molar-refractivity contribution in [2.45, 2.75) is 6.92 Å². The summed E-state index contributed by atoms with van der Waals surface area (Å²) < 4.78 is 13.1. The summed E-state index contributed by atoms with van der Waals surface area (Å²) >= 11 is 0. The molecular weight excluding hydrogens is 167 g/mol. The first kappa shape index (κ1) is 9.45. The van der Waals surface area contributed by atoms with Crippen LogP contribution in [-0.2, 0) is 0 Å². The molecule has 0 radical (unpaired) electrons. The maximum atomic E-state index is 13.1. The Labute approximate surface area is 76.6 Å². The molecule has 2 N–H and O–H groups in total. The van der Waals surface area contributed by atoms with Crippen LogP contribution in [0.5, 0.6) is 0 Å². The minimum absolute atomic E-state index is 0.318. The van der Waals surface area contributed by atoms with Crippen LogP contribution in [0, 0.1) is 12.7 Å². The van der Waals surface area contributed by atoms with Crippen molar-refractivity contribution in [3.63, 3.8) is 0 Å². The average Bonchev–Trinajstić information content (AvgIpc) is 2.10. The zero-order valence-electron chi connectivity index (χ0n) is 7.37. The van der Waals surface area contributed by atoms with Crippen LogP contribution in [0.15, 0.2) is 35.5 Å². The standard InChI is InChI=1S/C10H11FN2/c1-8-4-2-5-9(11)10(8)13-7-3-6-12/h2-7H,12H2,1H3. The van der Waals surface area contributed by atoms with Crippen LogP contribution >= 0.6 is 0 Å². The third kappa shape index (κ3) is 2.40. The molecule has 0 amide bonds. The van der Waals surface area contributed by atoms with Gasteiger partial charge in [0.05, 0.1) is 0 Å². The Kier molecular flexibility index (Phi) is 3.20. The van der Waals surface area contributed by atoms with E-state index in [1.54, 1.807) is 12.1 Å². The van der Waals surface area contributed by atoms with Gasteiger partial charge in [0.1, 0.15) is 11.5 Å². The molecule has 0 aromatic heterocycles. The van der Waals surface area contributed by atoms with Gasteiger partial charge < -0.3 is 5.73 Å². The van der Waals surface area contributed by atoms with Crippen LogP contribution in [0.1, 0.15) is 5.56 Å². The first-order valence-electron chi connectivity index (χ1n) is 3.91. The van der Waals surface area contributed by atoms with E-state index in [-0.39, 0.29) is 5.82 Å². The van der Waals surface area contributed by atoms with E-state index in [4.69, 9.17) is 5.73 Å². The van der Waals surface area contributed by atoms with Crippen LogP contribution in [0.4, 0.5) is 10.1 Å². The van der Waals surface area contributed by atoms with E-state index in [0.29, 0.717) is 5.69 Å². The lowest BCUT2D eigenvalue weighted by Crippen LogP contribution is -1.81. The van der Waals surface area contributed by atoms with E-state index in [1.807, 2.05) is 13.0 Å². The molecule has 3 heteroatoms. The molecule has 0 fully saturated rings. The molecule has 0 saturated carbocycles. The molecule has 68 valence electrons. The van der Waals surface area contributed by atoms with Gasteiger partial charge in [-0.3, -0.25) is 4.99 Å². The fourth-order valence-corrected chi connectivity index (χ4v) is 0.954. The first-order valence-corrected chi connectivity index (χ1v) is 3.91. The van der Waals surface area contributed by atoms with Crippen LogP contribution in [-0.4, -0.2) is 6.21 Å². The molecule has 0 atom stereocenters. The van der Waals surface area contributed by atoms with Crippen molar-refractivity contribution in [2.24, 2.45) is 10.7 Å². The van der Waals surface area contributed by atoms with Crippen molar-refractivity contribution in [3.8, 4) is 0 Å². The first-order chi connectivity index (χ1) is 6.25. The van der Waals surface area contributed by atoms with E-state index >= 15 is 0 Å². The van der Waals surface area contributed by atoms with Crippen molar-refractivity contribution in [3.05, 3.63) is 41.9 Å². The number of allylic oxidation sites excluding steroid dienone is 1. The van der Waals surface area contributed by atoms with Gasteiger partial charge in [-0.05, 0) is 30.8 Å². The second kappa shape index (κ2) is 4.40. The zero-order chi connectivity index (χ0) is 9.68. The third-order valence-corrected chi connectivity index (χ3v) is 1.59. The topological polar surface area (TPSA) is 38.4 Å². The Hall–Kier alpha value is -1.64. The maximum Gasteiger partial charge on any atom is 0.149 e. The summed E-state index contributed by atoms with van der Waals surface area (Å²) in [5.74, 6) is -0.318. The van der Waals surface area contributed by atoms with Crippen LogP contribution < -0.4 is 5.73 Å². The van der Waals surface area contributed by atoms with Crippen LogP contribution in [0.25, 0.3) is 0 Å². The highest BCUT2D eigenvalue weighted by Gasteiger charge is 2.00. The van der Waals surface area contributed by atoms with E-state index in [2.05, 4.69) is 4.99 Å². The molecule has 0 aliphatic rings. The van der Waals surface area contributed by atoms with Crippen LogP contribution in [0.2, 0.25) is 0 Å². The molecule has 0 heterocycles. The van der Waals surface area contributed by atoms with Gasteiger partial charge in [0.25, 0.3) is 0 Å². The smallest absolute Gasteiger partial charge is 0.149 e. The van der Waals surface area contributed by atoms with Crippen LogP contribution in [0.3, 0.4) is 0 Å². The SMILES string of the molecule is Cc1cccc(F)c1N=CC=CN. The largest absolute Gasteiger partial charge is 0.405 e. The summed E-state index contributed by atoms with van der Waals surface area (Å²) in [4.78, 5) is 3.93. The molecule has 0 spiro atoms. The fourth-order valence-electron chi connectivity index (χ4n) is 0.954. The number of aliphatic imine (C=N–C) groups is 1. The molecule has 0 saturated heterocycles. The number of nitrogens with zero attached hydrogens (tertiary/aromatic N) is 1. The monoisotopic (exact) mass is 178 g/mol. The van der Waals surface area contributed by atoms with Crippen molar-refractivity contribution < 1.29 is 4.39 Å². The minimum Gasteiger partial charge on any atom is -0.405 e. The highest BCUT2D eigenvalue weighted by atomic mass is 19.1. The predicted octanol–water partition coefficient (Wildman–Crippen LogP) is 2.31. The fraction of sp³-hybridized carbons (Fsp3) is 0.100. The van der Waals surface area contributed by atoms with Gasteiger partial charge in [-0.1, -0.05) is 12.1 Å². The molecule has 1 aromatic carbocycles. The number of nitrogens with two attached hydrogens (primary N) is 1. The average molecular weight is 178 g/mol. The second-order valence-electron chi connectivity index (χ2n) is 2.57. The summed E-state index contributed by atoms with van der Waals surface area (Å²) in [6.45, 7) is 1.81. The number of halogens is 1. The number of aryl methyl sites for hydroxylation is 1. The number of rotatable bonds is 2. The quantitative estimate of drug-likeness (QED) is 0.693. The molecule has 0 aliphatic carbocycles. The molecule has 1 rings (SSSR count). The van der Waals surface area contributed by atoms with Gasteiger partial charge in [0, 0.05) is 6.21 Å². The van der Waals surface area contributed by atoms with E-state index in [9.17, 15) is 4.39 Å². The normalized spacial score (nSPS) is 11.5.